The van der Waals surface area contributed by atoms with Gasteiger partial charge in [-0.05, 0) is 42.5 Å². The van der Waals surface area contributed by atoms with E-state index in [0.717, 1.165) is 34.7 Å². The van der Waals surface area contributed by atoms with Crippen molar-refractivity contribution in [2.45, 2.75) is 12.8 Å². The zero-order chi connectivity index (χ0) is 15.4. The summed E-state index contributed by atoms with van der Waals surface area (Å²) in [5.41, 5.74) is 4.09. The third-order valence-electron chi connectivity index (χ3n) is 3.45. The second-order valence-corrected chi connectivity index (χ2v) is 5.86. The lowest BCUT2D eigenvalue weighted by atomic mass is 10.1. The number of rotatable bonds is 5. The van der Waals surface area contributed by atoms with Gasteiger partial charge in [0.15, 0.2) is 5.12 Å². The van der Waals surface area contributed by atoms with E-state index in [1.165, 1.54) is 11.8 Å². The molecule has 1 aromatic heterocycles. The molecule has 3 rings (SSSR count). The molecule has 1 heterocycles. The fourth-order valence-corrected chi connectivity index (χ4v) is 2.56. The van der Waals surface area contributed by atoms with Gasteiger partial charge in [0.2, 0.25) is 5.95 Å². The van der Waals surface area contributed by atoms with E-state index in [4.69, 9.17) is 0 Å². The highest BCUT2D eigenvalue weighted by atomic mass is 32.2. The lowest BCUT2D eigenvalue weighted by Crippen LogP contribution is -1.95. The van der Waals surface area contributed by atoms with Crippen LogP contribution in [0.3, 0.4) is 0 Å². The lowest BCUT2D eigenvalue weighted by Gasteiger charge is -2.04. The Morgan fingerprint density at radius 1 is 1.18 bits per heavy atom. The van der Waals surface area contributed by atoms with Crippen molar-refractivity contribution in [1.29, 1.82) is 0 Å². The molecule has 0 aliphatic rings. The van der Waals surface area contributed by atoms with Crippen LogP contribution in [0.2, 0.25) is 0 Å². The van der Waals surface area contributed by atoms with Crippen LogP contribution >= 0.6 is 11.8 Å². The minimum Gasteiger partial charge on any atom is -0.326 e. The zero-order valence-corrected chi connectivity index (χ0v) is 13.1. The Kier molecular flexibility index (Phi) is 4.44. The number of nitrogens with one attached hydrogen (secondary N) is 2. The average Bonchev–Trinajstić information content (AvgIpc) is 2.96. The number of para-hydroxylation sites is 2. The van der Waals surface area contributed by atoms with Crippen LogP contribution in [-0.4, -0.2) is 21.3 Å². The van der Waals surface area contributed by atoms with Crippen LogP contribution in [0.5, 0.6) is 0 Å². The molecule has 2 N–H and O–H groups in total. The van der Waals surface area contributed by atoms with Gasteiger partial charge in [-0.3, -0.25) is 4.79 Å². The number of aromatic amines is 1. The van der Waals surface area contributed by atoms with Crippen molar-refractivity contribution in [1.82, 2.24) is 9.97 Å². The van der Waals surface area contributed by atoms with Gasteiger partial charge in [0.1, 0.15) is 0 Å². The topological polar surface area (TPSA) is 57.8 Å². The summed E-state index contributed by atoms with van der Waals surface area (Å²) in [4.78, 5) is 19.0. The summed E-state index contributed by atoms with van der Waals surface area (Å²) in [7, 11) is 0. The van der Waals surface area contributed by atoms with Crippen molar-refractivity contribution < 1.29 is 4.79 Å². The molecule has 0 atom stereocenters. The minimum absolute atomic E-state index is 0.226. The summed E-state index contributed by atoms with van der Waals surface area (Å²) < 4.78 is 0. The molecule has 0 radical (unpaired) electrons. The van der Waals surface area contributed by atoms with Gasteiger partial charge in [0.25, 0.3) is 0 Å². The Labute approximate surface area is 133 Å². The number of hydrogen-bond donors (Lipinski definition) is 2. The monoisotopic (exact) mass is 311 g/mol. The summed E-state index contributed by atoms with van der Waals surface area (Å²) in [6.07, 6.45) is 3.19. The molecular formula is C17H17N3OS. The van der Waals surface area contributed by atoms with E-state index in [0.29, 0.717) is 6.42 Å². The van der Waals surface area contributed by atoms with Gasteiger partial charge >= 0.3 is 0 Å². The minimum atomic E-state index is 0.226. The second-order valence-electron chi connectivity index (χ2n) is 5.00. The molecule has 5 heteroatoms. The predicted molar refractivity (Wildman–Crippen MR) is 92.7 cm³/mol. The van der Waals surface area contributed by atoms with Crippen molar-refractivity contribution in [3.05, 3.63) is 54.1 Å². The number of thioether (sulfide) groups is 1. The molecular weight excluding hydrogens is 294 g/mol. The third-order valence-corrected chi connectivity index (χ3v) is 4.11. The molecule has 0 bridgehead atoms. The van der Waals surface area contributed by atoms with Gasteiger partial charge < -0.3 is 10.3 Å². The number of H-pyrrole nitrogens is 1. The highest BCUT2D eigenvalue weighted by Crippen LogP contribution is 2.19. The van der Waals surface area contributed by atoms with Gasteiger partial charge in [-0.2, -0.15) is 0 Å². The smallest absolute Gasteiger partial charge is 0.205 e. The SMILES string of the molecule is CSC(=O)CCc1ccc(Nc2nc3ccccc3[nH]2)cc1. The van der Waals surface area contributed by atoms with Crippen molar-refractivity contribution in [2.24, 2.45) is 0 Å². The van der Waals surface area contributed by atoms with E-state index in [9.17, 15) is 4.79 Å². The molecule has 22 heavy (non-hydrogen) atoms. The summed E-state index contributed by atoms with van der Waals surface area (Å²) in [5, 5.41) is 3.49. The second kappa shape index (κ2) is 6.66. The molecule has 0 spiro atoms. The summed E-state index contributed by atoms with van der Waals surface area (Å²) in [5.74, 6) is 0.728. The van der Waals surface area contributed by atoms with Crippen molar-refractivity contribution in [3.63, 3.8) is 0 Å². The van der Waals surface area contributed by atoms with E-state index in [1.807, 2.05) is 54.8 Å². The fourth-order valence-electron chi connectivity index (χ4n) is 2.25. The molecule has 112 valence electrons. The lowest BCUT2D eigenvalue weighted by molar-refractivity contribution is -0.110. The van der Waals surface area contributed by atoms with Crippen molar-refractivity contribution in [3.8, 4) is 0 Å². The van der Waals surface area contributed by atoms with Crippen LogP contribution in [0.25, 0.3) is 11.0 Å². The maximum absolute atomic E-state index is 11.3. The standard InChI is InChI=1S/C17H17N3OS/c1-22-16(21)11-8-12-6-9-13(10-7-12)18-17-19-14-4-2-3-5-15(14)20-17/h2-7,9-10H,8,11H2,1H3,(H2,18,19,20). The van der Waals surface area contributed by atoms with Crippen LogP contribution in [0, 0.1) is 0 Å². The van der Waals surface area contributed by atoms with Crippen LogP contribution in [0.1, 0.15) is 12.0 Å². The van der Waals surface area contributed by atoms with Gasteiger partial charge in [0, 0.05) is 12.1 Å². The number of carbonyl (C=O) groups is 1. The summed E-state index contributed by atoms with van der Waals surface area (Å²) >= 11 is 1.29. The van der Waals surface area contributed by atoms with Crippen LogP contribution in [0.4, 0.5) is 11.6 Å². The number of hydrogen-bond acceptors (Lipinski definition) is 4. The average molecular weight is 311 g/mol. The number of anilines is 2. The Morgan fingerprint density at radius 2 is 1.95 bits per heavy atom. The maximum Gasteiger partial charge on any atom is 0.205 e. The Balaban J connectivity index is 1.66. The van der Waals surface area contributed by atoms with Gasteiger partial charge in [-0.1, -0.05) is 36.0 Å². The van der Waals surface area contributed by atoms with Crippen molar-refractivity contribution >= 4 is 39.5 Å². The Hall–Kier alpha value is -2.27. The number of imidazole rings is 1. The van der Waals surface area contributed by atoms with Gasteiger partial charge in [-0.15, -0.1) is 0 Å². The van der Waals surface area contributed by atoms with Gasteiger partial charge in [-0.25, -0.2) is 4.98 Å². The van der Waals surface area contributed by atoms with Crippen LogP contribution in [0.15, 0.2) is 48.5 Å². The molecule has 0 fully saturated rings. The molecule has 0 amide bonds. The molecule has 0 unspecified atom stereocenters. The first kappa shape index (κ1) is 14.7. The molecule has 0 aliphatic heterocycles. The predicted octanol–water partition coefficient (Wildman–Crippen LogP) is 4.13. The first-order valence-corrected chi connectivity index (χ1v) is 8.34. The number of fused-ring (bicyclic) bond motifs is 1. The highest BCUT2D eigenvalue weighted by molar-refractivity contribution is 8.13. The van der Waals surface area contributed by atoms with E-state index in [-0.39, 0.29) is 5.12 Å². The fraction of sp³-hybridized carbons (Fsp3) is 0.176. The van der Waals surface area contributed by atoms with E-state index < -0.39 is 0 Å². The molecule has 0 saturated heterocycles. The molecule has 2 aromatic carbocycles. The van der Waals surface area contributed by atoms with E-state index >= 15 is 0 Å². The van der Waals surface area contributed by atoms with Gasteiger partial charge in [0.05, 0.1) is 11.0 Å². The number of aryl methyl sites for hydroxylation is 1. The third kappa shape index (κ3) is 3.49. The van der Waals surface area contributed by atoms with Crippen LogP contribution < -0.4 is 5.32 Å². The molecule has 3 aromatic rings. The molecule has 0 saturated carbocycles. The van der Waals surface area contributed by atoms with E-state index in [1.54, 1.807) is 0 Å². The van der Waals surface area contributed by atoms with Crippen LogP contribution in [-0.2, 0) is 11.2 Å². The zero-order valence-electron chi connectivity index (χ0n) is 12.3. The first-order chi connectivity index (χ1) is 10.7. The normalized spacial score (nSPS) is 10.8. The number of aromatic nitrogens is 2. The maximum atomic E-state index is 11.3. The Bertz CT molecular complexity index is 747. The Morgan fingerprint density at radius 3 is 2.68 bits per heavy atom. The quantitative estimate of drug-likeness (QED) is 0.744. The first-order valence-electron chi connectivity index (χ1n) is 7.12. The van der Waals surface area contributed by atoms with Crippen molar-refractivity contribution in [2.75, 3.05) is 11.6 Å². The number of benzene rings is 2. The molecule has 0 aliphatic carbocycles. The summed E-state index contributed by atoms with van der Waals surface area (Å²) in [6.45, 7) is 0. The number of carbonyl (C=O) groups excluding carboxylic acids is 1. The number of nitrogens with zero attached hydrogens (tertiary/aromatic N) is 1. The largest absolute Gasteiger partial charge is 0.326 e. The summed E-state index contributed by atoms with van der Waals surface area (Å²) in [6, 6.07) is 16.0. The van der Waals surface area contributed by atoms with E-state index in [2.05, 4.69) is 15.3 Å². The highest BCUT2D eigenvalue weighted by Gasteiger charge is 2.03. The molecule has 4 nitrogen and oxygen atoms in total.